The van der Waals surface area contributed by atoms with Crippen molar-refractivity contribution >= 4 is 23.1 Å². The summed E-state index contributed by atoms with van der Waals surface area (Å²) in [5.41, 5.74) is 4.00. The minimum absolute atomic E-state index is 0.0153. The summed E-state index contributed by atoms with van der Waals surface area (Å²) >= 11 is 0. The van der Waals surface area contributed by atoms with Gasteiger partial charge >= 0.3 is 0 Å². The van der Waals surface area contributed by atoms with E-state index < -0.39 is 0 Å². The van der Waals surface area contributed by atoms with Crippen molar-refractivity contribution in [1.29, 1.82) is 0 Å². The van der Waals surface area contributed by atoms with E-state index in [0.29, 0.717) is 23.6 Å². The van der Waals surface area contributed by atoms with Crippen LogP contribution in [0.25, 0.3) is 5.70 Å². The second kappa shape index (κ2) is 9.82. The van der Waals surface area contributed by atoms with Gasteiger partial charge in [-0.25, -0.2) is 0 Å². The van der Waals surface area contributed by atoms with Crippen molar-refractivity contribution in [1.82, 2.24) is 5.32 Å². The Balaban J connectivity index is 1.49. The molecule has 1 amide bonds. The molecular formula is C28H34N2O3. The maximum absolute atomic E-state index is 13.2. The summed E-state index contributed by atoms with van der Waals surface area (Å²) in [6, 6.07) is 13.2. The molecule has 2 aromatic rings. The van der Waals surface area contributed by atoms with E-state index in [4.69, 9.17) is 4.74 Å². The quantitative estimate of drug-likeness (QED) is 0.420. The van der Waals surface area contributed by atoms with Gasteiger partial charge < -0.3 is 15.4 Å². The average Bonchev–Trinajstić information content (AvgIpc) is 3.31. The van der Waals surface area contributed by atoms with Crippen LogP contribution in [0.1, 0.15) is 73.9 Å². The average molecular weight is 447 g/mol. The van der Waals surface area contributed by atoms with Crippen molar-refractivity contribution in [3.8, 4) is 5.75 Å². The molecule has 0 aromatic heterocycles. The van der Waals surface area contributed by atoms with Crippen molar-refractivity contribution in [3.05, 3.63) is 65.2 Å². The molecule has 0 unspecified atom stereocenters. The molecule has 5 nitrogen and oxygen atoms in total. The topological polar surface area (TPSA) is 67.4 Å². The molecule has 5 heteroatoms. The first kappa shape index (κ1) is 23.1. The third-order valence-electron chi connectivity index (χ3n) is 6.67. The molecule has 174 valence electrons. The second-order valence-corrected chi connectivity index (χ2v) is 9.95. The van der Waals surface area contributed by atoms with Crippen LogP contribution in [0.15, 0.2) is 48.5 Å². The summed E-state index contributed by atoms with van der Waals surface area (Å²) in [6.07, 6.45) is 9.05. The Hall–Kier alpha value is -3.08. The zero-order chi connectivity index (χ0) is 23.4. The van der Waals surface area contributed by atoms with E-state index in [1.807, 2.05) is 24.3 Å². The highest BCUT2D eigenvalue weighted by molar-refractivity contribution is 6.09. The number of carbonyl (C=O) groups is 2. The SMILES string of the molecule is COc1ccc2c(c1)C(=CC(=O)c1cccc(NC(=O)CCC3CCCC3)c1)NC(C)(C)C2. The van der Waals surface area contributed by atoms with Crippen LogP contribution in [-0.4, -0.2) is 24.3 Å². The summed E-state index contributed by atoms with van der Waals surface area (Å²) in [7, 11) is 1.64. The lowest BCUT2D eigenvalue weighted by Crippen LogP contribution is -2.43. The summed E-state index contributed by atoms with van der Waals surface area (Å²) in [5, 5.41) is 6.47. The number of methoxy groups -OCH3 is 1. The number of hydrogen-bond acceptors (Lipinski definition) is 4. The van der Waals surface area contributed by atoms with Gasteiger partial charge in [0.2, 0.25) is 5.91 Å². The van der Waals surface area contributed by atoms with E-state index >= 15 is 0 Å². The van der Waals surface area contributed by atoms with Gasteiger partial charge in [0.05, 0.1) is 7.11 Å². The molecule has 1 fully saturated rings. The Morgan fingerprint density at radius 1 is 1.15 bits per heavy atom. The lowest BCUT2D eigenvalue weighted by Gasteiger charge is -2.35. The normalized spacial score (nSPS) is 18.5. The number of allylic oxidation sites excluding steroid dienone is 1. The predicted molar refractivity (Wildman–Crippen MR) is 132 cm³/mol. The molecule has 1 heterocycles. The molecule has 0 radical (unpaired) electrons. The van der Waals surface area contributed by atoms with Gasteiger partial charge in [-0.1, -0.05) is 43.9 Å². The number of anilines is 1. The zero-order valence-corrected chi connectivity index (χ0v) is 19.9. The molecule has 2 aliphatic rings. The van der Waals surface area contributed by atoms with E-state index in [0.717, 1.165) is 29.9 Å². The molecule has 1 saturated carbocycles. The van der Waals surface area contributed by atoms with Crippen LogP contribution in [0.4, 0.5) is 5.69 Å². The van der Waals surface area contributed by atoms with Gasteiger partial charge in [-0.3, -0.25) is 9.59 Å². The van der Waals surface area contributed by atoms with E-state index in [2.05, 4.69) is 30.5 Å². The number of carbonyl (C=O) groups excluding carboxylic acids is 2. The second-order valence-electron chi connectivity index (χ2n) is 9.95. The third-order valence-corrected chi connectivity index (χ3v) is 6.67. The molecule has 33 heavy (non-hydrogen) atoms. The fraction of sp³-hybridized carbons (Fsp3) is 0.429. The number of hydrogen-bond donors (Lipinski definition) is 2. The summed E-state index contributed by atoms with van der Waals surface area (Å²) in [5.74, 6) is 1.35. The standard InChI is InChI=1S/C28H34N2O3/c1-28(2)18-21-12-13-23(33-3)16-24(21)25(30-28)17-26(31)20-9-6-10-22(15-20)29-27(32)14-11-19-7-4-5-8-19/h6,9-10,12-13,15-17,19,30H,4-5,7-8,11,14,18H2,1-3H3,(H,29,32). The summed E-state index contributed by atoms with van der Waals surface area (Å²) in [4.78, 5) is 25.6. The van der Waals surface area contributed by atoms with Crippen molar-refractivity contribution in [3.63, 3.8) is 0 Å². The Bertz CT molecular complexity index is 1060. The first-order valence-electron chi connectivity index (χ1n) is 11.9. The van der Waals surface area contributed by atoms with Crippen LogP contribution >= 0.6 is 0 Å². The summed E-state index contributed by atoms with van der Waals surface area (Å²) in [6.45, 7) is 4.25. The van der Waals surface area contributed by atoms with Crippen LogP contribution in [0, 0.1) is 5.92 Å². The molecular weight excluding hydrogens is 412 g/mol. The van der Waals surface area contributed by atoms with Crippen LogP contribution in [0.3, 0.4) is 0 Å². The van der Waals surface area contributed by atoms with Crippen LogP contribution < -0.4 is 15.4 Å². The number of benzene rings is 2. The van der Waals surface area contributed by atoms with Crippen LogP contribution in [-0.2, 0) is 11.2 Å². The Morgan fingerprint density at radius 2 is 1.94 bits per heavy atom. The lowest BCUT2D eigenvalue weighted by molar-refractivity contribution is -0.116. The number of amides is 1. The zero-order valence-electron chi connectivity index (χ0n) is 19.9. The fourth-order valence-electron chi connectivity index (χ4n) is 4.98. The van der Waals surface area contributed by atoms with Gasteiger partial charge in [0, 0.05) is 40.5 Å². The van der Waals surface area contributed by atoms with E-state index in [-0.39, 0.29) is 17.2 Å². The molecule has 2 aromatic carbocycles. The number of nitrogens with one attached hydrogen (secondary N) is 2. The minimum Gasteiger partial charge on any atom is -0.497 e. The maximum atomic E-state index is 13.2. The monoisotopic (exact) mass is 446 g/mol. The molecule has 2 N–H and O–H groups in total. The van der Waals surface area contributed by atoms with Crippen molar-refractivity contribution < 1.29 is 14.3 Å². The van der Waals surface area contributed by atoms with E-state index in [9.17, 15) is 9.59 Å². The largest absolute Gasteiger partial charge is 0.497 e. The highest BCUT2D eigenvalue weighted by Crippen LogP contribution is 2.33. The smallest absolute Gasteiger partial charge is 0.224 e. The number of ketones is 1. The molecule has 1 aliphatic heterocycles. The van der Waals surface area contributed by atoms with E-state index in [1.165, 1.54) is 31.2 Å². The Morgan fingerprint density at radius 3 is 2.70 bits per heavy atom. The van der Waals surface area contributed by atoms with Gasteiger partial charge in [0.1, 0.15) is 5.75 Å². The van der Waals surface area contributed by atoms with Crippen molar-refractivity contribution in [2.24, 2.45) is 5.92 Å². The molecule has 0 bridgehead atoms. The third kappa shape index (κ3) is 5.84. The molecule has 1 aliphatic carbocycles. The highest BCUT2D eigenvalue weighted by Gasteiger charge is 2.28. The maximum Gasteiger partial charge on any atom is 0.224 e. The number of fused-ring (bicyclic) bond motifs is 1. The number of ether oxygens (including phenoxy) is 1. The first-order chi connectivity index (χ1) is 15.8. The predicted octanol–water partition coefficient (Wildman–Crippen LogP) is 5.75. The molecule has 0 atom stereocenters. The van der Waals surface area contributed by atoms with Gasteiger partial charge in [-0.2, -0.15) is 0 Å². The Kier molecular flexibility index (Phi) is 6.87. The van der Waals surface area contributed by atoms with Crippen LogP contribution in [0.5, 0.6) is 5.75 Å². The minimum atomic E-state index is -0.164. The lowest BCUT2D eigenvalue weighted by atomic mass is 9.85. The number of rotatable bonds is 7. The van der Waals surface area contributed by atoms with Crippen molar-refractivity contribution in [2.75, 3.05) is 12.4 Å². The van der Waals surface area contributed by atoms with E-state index in [1.54, 1.807) is 25.3 Å². The van der Waals surface area contributed by atoms with Gasteiger partial charge in [0.15, 0.2) is 5.78 Å². The molecule has 4 rings (SSSR count). The van der Waals surface area contributed by atoms with Gasteiger partial charge in [-0.05, 0) is 62.4 Å². The van der Waals surface area contributed by atoms with Gasteiger partial charge in [0.25, 0.3) is 0 Å². The van der Waals surface area contributed by atoms with Gasteiger partial charge in [-0.15, -0.1) is 0 Å². The molecule has 0 saturated heterocycles. The highest BCUT2D eigenvalue weighted by atomic mass is 16.5. The van der Waals surface area contributed by atoms with Crippen molar-refractivity contribution in [2.45, 2.75) is 64.3 Å². The summed E-state index contributed by atoms with van der Waals surface area (Å²) < 4.78 is 5.40. The van der Waals surface area contributed by atoms with Crippen LogP contribution in [0.2, 0.25) is 0 Å². The first-order valence-corrected chi connectivity index (χ1v) is 11.9. The molecule has 0 spiro atoms. The Labute approximate surface area is 196 Å². The fourth-order valence-corrected chi connectivity index (χ4v) is 4.98.